The minimum Gasteiger partial charge on any atom is -0.323 e. The van der Waals surface area contributed by atoms with Crippen molar-refractivity contribution in [3.05, 3.63) is 39.3 Å². The van der Waals surface area contributed by atoms with Gasteiger partial charge in [0.05, 0.1) is 6.20 Å². The third kappa shape index (κ3) is 2.22. The van der Waals surface area contributed by atoms with Gasteiger partial charge in [0.1, 0.15) is 0 Å². The van der Waals surface area contributed by atoms with E-state index in [1.807, 2.05) is 22.2 Å². The zero-order chi connectivity index (χ0) is 12.5. The van der Waals surface area contributed by atoms with E-state index in [2.05, 4.69) is 24.3 Å². The fourth-order valence-corrected chi connectivity index (χ4v) is 3.83. The lowest BCUT2D eigenvalue weighted by Gasteiger charge is -2.07. The number of aryl methyl sites for hydroxylation is 3. The zero-order valence-corrected chi connectivity index (χ0v) is 11.5. The Morgan fingerprint density at radius 2 is 2.39 bits per heavy atom. The van der Waals surface area contributed by atoms with Gasteiger partial charge in [-0.25, -0.2) is 0 Å². The molecule has 3 nitrogen and oxygen atoms in total. The van der Waals surface area contributed by atoms with Crippen LogP contribution in [0.2, 0.25) is 0 Å². The van der Waals surface area contributed by atoms with Crippen molar-refractivity contribution >= 4 is 11.3 Å². The molecule has 2 heterocycles. The van der Waals surface area contributed by atoms with E-state index in [9.17, 15) is 0 Å². The van der Waals surface area contributed by atoms with Crippen molar-refractivity contribution in [1.29, 1.82) is 0 Å². The van der Waals surface area contributed by atoms with E-state index in [0.717, 1.165) is 13.0 Å². The predicted molar refractivity (Wildman–Crippen MR) is 74.9 cm³/mol. The van der Waals surface area contributed by atoms with Crippen LogP contribution in [-0.4, -0.2) is 9.78 Å². The topological polar surface area (TPSA) is 43.8 Å². The fraction of sp³-hybridized carbons (Fsp3) is 0.500. The zero-order valence-electron chi connectivity index (χ0n) is 10.7. The summed E-state index contributed by atoms with van der Waals surface area (Å²) >= 11 is 1.91. The molecule has 1 unspecified atom stereocenters. The molecule has 0 saturated carbocycles. The summed E-state index contributed by atoms with van der Waals surface area (Å²) in [4.78, 5) is 2.90. The summed E-state index contributed by atoms with van der Waals surface area (Å²) in [6.07, 6.45) is 8.73. The second kappa shape index (κ2) is 4.86. The molecular weight excluding hydrogens is 242 g/mol. The van der Waals surface area contributed by atoms with Crippen molar-refractivity contribution in [2.24, 2.45) is 5.73 Å². The van der Waals surface area contributed by atoms with Crippen LogP contribution in [0.1, 0.15) is 40.3 Å². The first-order valence-corrected chi connectivity index (χ1v) is 7.46. The van der Waals surface area contributed by atoms with E-state index >= 15 is 0 Å². The van der Waals surface area contributed by atoms with E-state index in [1.54, 1.807) is 4.88 Å². The standard InChI is InChI=1S/C14H19N3S/c1-2-17-9-10(8-16-17)6-12(15)14-7-11-4-3-5-13(11)18-14/h7-9,12H,2-6,15H2,1H3. The number of hydrogen-bond donors (Lipinski definition) is 1. The molecule has 0 bridgehead atoms. The van der Waals surface area contributed by atoms with E-state index in [4.69, 9.17) is 5.73 Å². The number of nitrogens with zero attached hydrogens (tertiary/aromatic N) is 2. The van der Waals surface area contributed by atoms with Crippen molar-refractivity contribution in [1.82, 2.24) is 9.78 Å². The molecule has 0 fully saturated rings. The lowest BCUT2D eigenvalue weighted by molar-refractivity contribution is 0.657. The molecule has 0 saturated heterocycles. The molecule has 4 heteroatoms. The highest BCUT2D eigenvalue weighted by Gasteiger charge is 2.18. The predicted octanol–water partition coefficient (Wildman–Crippen LogP) is 2.70. The summed E-state index contributed by atoms with van der Waals surface area (Å²) in [5.41, 5.74) is 9.08. The van der Waals surface area contributed by atoms with Gasteiger partial charge in [0, 0.05) is 28.5 Å². The van der Waals surface area contributed by atoms with Crippen LogP contribution in [0.4, 0.5) is 0 Å². The number of aromatic nitrogens is 2. The van der Waals surface area contributed by atoms with Crippen molar-refractivity contribution in [2.45, 2.75) is 45.2 Å². The molecule has 1 atom stereocenters. The highest BCUT2D eigenvalue weighted by Crippen LogP contribution is 2.33. The lowest BCUT2D eigenvalue weighted by Crippen LogP contribution is -2.11. The maximum atomic E-state index is 6.31. The van der Waals surface area contributed by atoms with Gasteiger partial charge in [0.15, 0.2) is 0 Å². The molecule has 0 aliphatic heterocycles. The van der Waals surface area contributed by atoms with Gasteiger partial charge >= 0.3 is 0 Å². The summed E-state index contributed by atoms with van der Waals surface area (Å²) in [6, 6.07) is 2.44. The number of nitrogens with two attached hydrogens (primary N) is 1. The summed E-state index contributed by atoms with van der Waals surface area (Å²) in [5, 5.41) is 4.30. The van der Waals surface area contributed by atoms with E-state index < -0.39 is 0 Å². The van der Waals surface area contributed by atoms with Crippen molar-refractivity contribution in [3.63, 3.8) is 0 Å². The molecule has 96 valence electrons. The Kier molecular flexibility index (Phi) is 3.22. The van der Waals surface area contributed by atoms with Gasteiger partial charge in [-0.2, -0.15) is 5.10 Å². The normalized spacial score (nSPS) is 15.9. The van der Waals surface area contributed by atoms with Crippen LogP contribution in [0.15, 0.2) is 18.5 Å². The number of thiophene rings is 1. The highest BCUT2D eigenvalue weighted by molar-refractivity contribution is 7.12. The maximum Gasteiger partial charge on any atom is 0.0522 e. The van der Waals surface area contributed by atoms with Gasteiger partial charge in [0.2, 0.25) is 0 Å². The van der Waals surface area contributed by atoms with Gasteiger partial charge in [0.25, 0.3) is 0 Å². The average molecular weight is 261 g/mol. The molecule has 2 aromatic rings. The first-order valence-electron chi connectivity index (χ1n) is 6.64. The number of hydrogen-bond acceptors (Lipinski definition) is 3. The summed E-state index contributed by atoms with van der Waals surface area (Å²) in [5.74, 6) is 0. The van der Waals surface area contributed by atoms with Gasteiger partial charge in [-0.05, 0) is 49.8 Å². The first-order chi connectivity index (χ1) is 8.76. The van der Waals surface area contributed by atoms with Crippen LogP contribution in [0.3, 0.4) is 0 Å². The molecular formula is C14H19N3S. The second-order valence-electron chi connectivity index (χ2n) is 4.97. The third-order valence-electron chi connectivity index (χ3n) is 3.60. The van der Waals surface area contributed by atoms with Gasteiger partial charge in [-0.3, -0.25) is 4.68 Å². The number of rotatable bonds is 4. The number of fused-ring (bicyclic) bond motifs is 1. The molecule has 0 aromatic carbocycles. The largest absolute Gasteiger partial charge is 0.323 e. The Labute approximate surface area is 112 Å². The van der Waals surface area contributed by atoms with Gasteiger partial charge in [-0.1, -0.05) is 0 Å². The van der Waals surface area contributed by atoms with Crippen LogP contribution >= 0.6 is 11.3 Å². The molecule has 0 amide bonds. The summed E-state index contributed by atoms with van der Waals surface area (Å²) < 4.78 is 1.95. The molecule has 0 spiro atoms. The molecule has 2 aromatic heterocycles. The highest BCUT2D eigenvalue weighted by atomic mass is 32.1. The average Bonchev–Trinajstić information content (AvgIpc) is 3.02. The minimum atomic E-state index is 0.120. The third-order valence-corrected chi connectivity index (χ3v) is 4.97. The Balaban J connectivity index is 1.71. The van der Waals surface area contributed by atoms with E-state index in [-0.39, 0.29) is 6.04 Å². The van der Waals surface area contributed by atoms with Crippen molar-refractivity contribution in [3.8, 4) is 0 Å². The monoisotopic (exact) mass is 261 g/mol. The van der Waals surface area contributed by atoms with Gasteiger partial charge in [-0.15, -0.1) is 11.3 Å². The van der Waals surface area contributed by atoms with Crippen LogP contribution in [0, 0.1) is 0 Å². The summed E-state index contributed by atoms with van der Waals surface area (Å²) in [7, 11) is 0. The van der Waals surface area contributed by atoms with Crippen molar-refractivity contribution < 1.29 is 0 Å². The minimum absolute atomic E-state index is 0.120. The Hall–Kier alpha value is -1.13. The maximum absolute atomic E-state index is 6.31. The molecule has 3 rings (SSSR count). The van der Waals surface area contributed by atoms with Crippen LogP contribution in [0.5, 0.6) is 0 Å². The fourth-order valence-electron chi connectivity index (χ4n) is 2.57. The van der Waals surface area contributed by atoms with E-state index in [0.29, 0.717) is 0 Å². The SMILES string of the molecule is CCn1cc(CC(N)c2cc3c(s2)CCC3)cn1. The Morgan fingerprint density at radius 1 is 1.50 bits per heavy atom. The Bertz CT molecular complexity index is 519. The van der Waals surface area contributed by atoms with Crippen molar-refractivity contribution in [2.75, 3.05) is 0 Å². The molecule has 0 radical (unpaired) electrons. The molecule has 18 heavy (non-hydrogen) atoms. The lowest BCUT2D eigenvalue weighted by atomic mass is 10.1. The van der Waals surface area contributed by atoms with E-state index in [1.165, 1.54) is 35.3 Å². The Morgan fingerprint density at radius 3 is 3.11 bits per heavy atom. The van der Waals surface area contributed by atoms with Gasteiger partial charge < -0.3 is 5.73 Å². The van der Waals surface area contributed by atoms with Crippen LogP contribution in [-0.2, 0) is 25.8 Å². The van der Waals surface area contributed by atoms with Crippen LogP contribution in [0.25, 0.3) is 0 Å². The van der Waals surface area contributed by atoms with Crippen LogP contribution < -0.4 is 5.73 Å². The summed E-state index contributed by atoms with van der Waals surface area (Å²) in [6.45, 7) is 3.02. The molecule has 1 aliphatic carbocycles. The second-order valence-corrected chi connectivity index (χ2v) is 6.13. The first kappa shape index (κ1) is 11.9. The molecule has 1 aliphatic rings. The molecule has 2 N–H and O–H groups in total. The quantitative estimate of drug-likeness (QED) is 0.919. The smallest absolute Gasteiger partial charge is 0.0522 e.